The summed E-state index contributed by atoms with van der Waals surface area (Å²) in [5, 5.41) is 3.05. The van der Waals surface area contributed by atoms with Crippen molar-refractivity contribution in [1.82, 2.24) is 10.2 Å². The van der Waals surface area contributed by atoms with Crippen LogP contribution < -0.4 is 11.1 Å². The Bertz CT molecular complexity index is 446. The van der Waals surface area contributed by atoms with Crippen LogP contribution in [0.5, 0.6) is 0 Å². The third-order valence-electron chi connectivity index (χ3n) is 3.46. The smallest absolute Gasteiger partial charge is 0.188 e. The van der Waals surface area contributed by atoms with Crippen LogP contribution in [0.2, 0.25) is 0 Å². The molecule has 2 rings (SSSR count). The lowest BCUT2D eigenvalue weighted by Gasteiger charge is -2.24. The van der Waals surface area contributed by atoms with Gasteiger partial charge in [-0.15, -0.1) is 0 Å². The van der Waals surface area contributed by atoms with Gasteiger partial charge < -0.3 is 15.5 Å². The van der Waals surface area contributed by atoms with Crippen LogP contribution in [0.3, 0.4) is 0 Å². The number of furan rings is 1. The van der Waals surface area contributed by atoms with E-state index >= 15 is 0 Å². The van der Waals surface area contributed by atoms with E-state index in [1.54, 1.807) is 6.26 Å². The fraction of sp³-hybridized carbons (Fsp3) is 0.533. The van der Waals surface area contributed by atoms with Gasteiger partial charge >= 0.3 is 0 Å². The molecule has 0 amide bonds. The molecule has 1 aromatic heterocycles. The van der Waals surface area contributed by atoms with E-state index < -0.39 is 0 Å². The molecule has 20 heavy (non-hydrogen) atoms. The number of nitrogens with zero attached hydrogens (tertiary/aromatic N) is 2. The molecular weight excluding hydrogens is 252 g/mol. The van der Waals surface area contributed by atoms with Crippen LogP contribution in [0, 0.1) is 0 Å². The highest BCUT2D eigenvalue weighted by Crippen LogP contribution is 2.25. The molecule has 5 nitrogen and oxygen atoms in total. The molecule has 110 valence electrons. The number of hydrogen-bond donors (Lipinski definition) is 2. The zero-order valence-electron chi connectivity index (χ0n) is 12.1. The molecule has 0 spiro atoms. The molecule has 0 saturated carbocycles. The summed E-state index contributed by atoms with van der Waals surface area (Å²) in [4.78, 5) is 6.85. The fourth-order valence-electron chi connectivity index (χ4n) is 2.40. The van der Waals surface area contributed by atoms with Crippen molar-refractivity contribution in [3.05, 3.63) is 36.3 Å². The molecule has 0 aliphatic carbocycles. The number of aliphatic imine (C=N–C) groups is 1. The molecule has 5 heteroatoms. The van der Waals surface area contributed by atoms with E-state index in [4.69, 9.17) is 10.2 Å². The lowest BCUT2D eigenvalue weighted by molar-refractivity contribution is 0.221. The summed E-state index contributed by atoms with van der Waals surface area (Å²) in [5.41, 5.74) is 6.90. The number of rotatable bonds is 6. The average Bonchev–Trinajstić information content (AvgIpc) is 3.09. The van der Waals surface area contributed by atoms with E-state index in [1.165, 1.54) is 12.8 Å². The predicted octanol–water partition coefficient (Wildman–Crippen LogP) is 1.90. The van der Waals surface area contributed by atoms with Gasteiger partial charge in [0.25, 0.3) is 0 Å². The Hall–Kier alpha value is -1.75. The topological polar surface area (TPSA) is 66.8 Å². The highest BCUT2D eigenvalue weighted by atomic mass is 16.3. The van der Waals surface area contributed by atoms with Gasteiger partial charge in [0, 0.05) is 6.54 Å². The van der Waals surface area contributed by atoms with Crippen LogP contribution in [-0.2, 0) is 0 Å². The van der Waals surface area contributed by atoms with Gasteiger partial charge in [-0.1, -0.05) is 12.2 Å². The van der Waals surface area contributed by atoms with E-state index in [1.807, 2.05) is 19.1 Å². The molecule has 2 heterocycles. The highest BCUT2D eigenvalue weighted by Gasteiger charge is 2.25. The van der Waals surface area contributed by atoms with Crippen molar-refractivity contribution in [2.45, 2.75) is 25.8 Å². The summed E-state index contributed by atoms with van der Waals surface area (Å²) in [6.45, 7) is 9.25. The first-order valence-corrected chi connectivity index (χ1v) is 7.12. The molecule has 0 aromatic carbocycles. The van der Waals surface area contributed by atoms with E-state index in [9.17, 15) is 0 Å². The van der Waals surface area contributed by atoms with Gasteiger partial charge in [-0.05, 0) is 45.0 Å². The Kier molecular flexibility index (Phi) is 5.24. The number of nitrogens with two attached hydrogens (primary N) is 1. The molecule has 0 radical (unpaired) electrons. The van der Waals surface area contributed by atoms with E-state index in [0.717, 1.165) is 24.4 Å². The van der Waals surface area contributed by atoms with Crippen molar-refractivity contribution in [3.8, 4) is 0 Å². The quantitative estimate of drug-likeness (QED) is 0.473. The third-order valence-corrected chi connectivity index (χ3v) is 3.46. The Labute approximate surface area is 120 Å². The van der Waals surface area contributed by atoms with Gasteiger partial charge in [0.05, 0.1) is 18.8 Å². The van der Waals surface area contributed by atoms with Crippen LogP contribution in [0.15, 0.2) is 40.0 Å². The second kappa shape index (κ2) is 7.14. The Morgan fingerprint density at radius 2 is 2.30 bits per heavy atom. The zero-order chi connectivity index (χ0) is 14.4. The maximum absolute atomic E-state index is 5.87. The van der Waals surface area contributed by atoms with Gasteiger partial charge in [-0.3, -0.25) is 9.89 Å². The average molecular weight is 276 g/mol. The standard InChI is InChI=1S/C15H24N4O/c1-12(2)10-17-15(16)18-11-13(14-6-5-9-20-14)19-7-3-4-8-19/h5-6,9,13H,1,3-4,7-8,10-11H2,2H3,(H3,16,17,18). The number of likely N-dealkylation sites (tertiary alicyclic amines) is 1. The van der Waals surface area contributed by atoms with E-state index in [-0.39, 0.29) is 6.04 Å². The second-order valence-electron chi connectivity index (χ2n) is 5.31. The van der Waals surface area contributed by atoms with Crippen molar-refractivity contribution >= 4 is 5.96 Å². The normalized spacial score (nSPS) is 18.1. The van der Waals surface area contributed by atoms with Crippen molar-refractivity contribution in [2.75, 3.05) is 26.2 Å². The predicted molar refractivity (Wildman–Crippen MR) is 81.6 cm³/mol. The first kappa shape index (κ1) is 14.7. The Morgan fingerprint density at radius 1 is 1.55 bits per heavy atom. The summed E-state index contributed by atoms with van der Waals surface area (Å²) in [5.74, 6) is 1.42. The van der Waals surface area contributed by atoms with Crippen LogP contribution in [0.25, 0.3) is 0 Å². The second-order valence-corrected chi connectivity index (χ2v) is 5.31. The first-order chi connectivity index (χ1) is 9.66. The third kappa shape index (κ3) is 4.13. The number of nitrogens with one attached hydrogen (secondary N) is 1. The monoisotopic (exact) mass is 276 g/mol. The summed E-state index contributed by atoms with van der Waals surface area (Å²) >= 11 is 0. The summed E-state index contributed by atoms with van der Waals surface area (Å²) in [6.07, 6.45) is 4.19. The lowest BCUT2D eigenvalue weighted by atomic mass is 10.2. The molecule has 1 atom stereocenters. The number of hydrogen-bond acceptors (Lipinski definition) is 3. The number of guanidine groups is 1. The zero-order valence-corrected chi connectivity index (χ0v) is 12.1. The fourth-order valence-corrected chi connectivity index (χ4v) is 2.40. The van der Waals surface area contributed by atoms with Gasteiger partial charge in [-0.2, -0.15) is 0 Å². The molecule has 1 saturated heterocycles. The Morgan fingerprint density at radius 3 is 2.90 bits per heavy atom. The summed E-state index contributed by atoms with van der Waals surface area (Å²) < 4.78 is 5.55. The van der Waals surface area contributed by atoms with Crippen molar-refractivity contribution in [1.29, 1.82) is 0 Å². The molecular formula is C15H24N4O. The van der Waals surface area contributed by atoms with E-state index in [2.05, 4.69) is 21.8 Å². The van der Waals surface area contributed by atoms with Gasteiger partial charge in [0.15, 0.2) is 5.96 Å². The van der Waals surface area contributed by atoms with Crippen LogP contribution in [0.1, 0.15) is 31.6 Å². The molecule has 1 aliphatic heterocycles. The molecule has 1 fully saturated rings. The van der Waals surface area contributed by atoms with Crippen LogP contribution in [0.4, 0.5) is 0 Å². The first-order valence-electron chi connectivity index (χ1n) is 7.12. The van der Waals surface area contributed by atoms with Crippen molar-refractivity contribution < 1.29 is 4.42 Å². The minimum absolute atomic E-state index is 0.178. The van der Waals surface area contributed by atoms with Crippen molar-refractivity contribution in [2.24, 2.45) is 10.7 Å². The van der Waals surface area contributed by atoms with Crippen LogP contribution >= 0.6 is 0 Å². The highest BCUT2D eigenvalue weighted by molar-refractivity contribution is 5.78. The van der Waals surface area contributed by atoms with Gasteiger partial charge in [-0.25, -0.2) is 0 Å². The minimum Gasteiger partial charge on any atom is -0.468 e. The van der Waals surface area contributed by atoms with Crippen LogP contribution in [-0.4, -0.2) is 37.0 Å². The maximum Gasteiger partial charge on any atom is 0.188 e. The summed E-state index contributed by atoms with van der Waals surface area (Å²) in [6, 6.07) is 4.11. The van der Waals surface area contributed by atoms with Crippen molar-refractivity contribution in [3.63, 3.8) is 0 Å². The van der Waals surface area contributed by atoms with E-state index in [0.29, 0.717) is 19.0 Å². The maximum atomic E-state index is 5.87. The molecule has 0 bridgehead atoms. The molecule has 1 unspecified atom stereocenters. The minimum atomic E-state index is 0.178. The lowest BCUT2D eigenvalue weighted by Crippen LogP contribution is -2.34. The van der Waals surface area contributed by atoms with Gasteiger partial charge in [0.1, 0.15) is 5.76 Å². The molecule has 1 aliphatic rings. The molecule has 1 aromatic rings. The SMILES string of the molecule is C=C(C)CNC(N)=NCC(c1ccco1)N1CCCC1. The summed E-state index contributed by atoms with van der Waals surface area (Å²) in [7, 11) is 0. The Balaban J connectivity index is 1.97. The largest absolute Gasteiger partial charge is 0.468 e. The van der Waals surface area contributed by atoms with Gasteiger partial charge in [0.2, 0.25) is 0 Å². The molecule has 3 N–H and O–H groups in total.